The number of benzene rings is 1. The summed E-state index contributed by atoms with van der Waals surface area (Å²) in [6.07, 6.45) is -3.41. The van der Waals surface area contributed by atoms with Gasteiger partial charge in [0.2, 0.25) is 5.75 Å². The number of aliphatic hydroxyl groups is 2. The van der Waals surface area contributed by atoms with Crippen molar-refractivity contribution >= 4 is 5.97 Å². The topological polar surface area (TPSA) is 116 Å². The minimum Gasteiger partial charge on any atom is -0.504 e. The summed E-state index contributed by atoms with van der Waals surface area (Å²) in [5.41, 5.74) is 0.00713. The van der Waals surface area contributed by atoms with Crippen LogP contribution in [0.1, 0.15) is 18.6 Å². The molecule has 1 aromatic carbocycles. The minimum atomic E-state index is -1.80. The fraction of sp³-hybridized carbons (Fsp3) is 0.417. The molecule has 0 saturated carbocycles. The van der Waals surface area contributed by atoms with E-state index in [2.05, 4.69) is 4.74 Å². The van der Waals surface area contributed by atoms with Gasteiger partial charge in [-0.25, -0.2) is 4.79 Å². The number of rotatable bonds is 5. The van der Waals surface area contributed by atoms with E-state index in [0.29, 0.717) is 0 Å². The number of aliphatic hydroxyl groups excluding tert-OH is 2. The van der Waals surface area contributed by atoms with E-state index in [-0.39, 0.29) is 17.9 Å². The molecule has 0 aliphatic heterocycles. The number of esters is 1. The minimum absolute atomic E-state index is 0.00713. The van der Waals surface area contributed by atoms with Crippen LogP contribution in [0.3, 0.4) is 0 Å². The summed E-state index contributed by atoms with van der Waals surface area (Å²) in [4.78, 5) is 11.3. The Morgan fingerprint density at radius 1 is 1.32 bits per heavy atom. The zero-order chi connectivity index (χ0) is 14.6. The molecule has 106 valence electrons. The second-order valence-corrected chi connectivity index (χ2v) is 3.73. The number of carbonyl (C=O) groups is 1. The Morgan fingerprint density at radius 2 is 1.95 bits per heavy atom. The molecular weight excluding hydrogens is 256 g/mol. The van der Waals surface area contributed by atoms with Gasteiger partial charge in [0.05, 0.1) is 13.7 Å². The number of aromatic hydroxyl groups is 2. The zero-order valence-corrected chi connectivity index (χ0v) is 10.5. The zero-order valence-electron chi connectivity index (χ0n) is 10.5. The molecule has 0 heterocycles. The molecule has 0 amide bonds. The van der Waals surface area contributed by atoms with Gasteiger partial charge in [-0.2, -0.15) is 0 Å². The molecule has 0 radical (unpaired) electrons. The van der Waals surface area contributed by atoms with Crippen LogP contribution in [0.2, 0.25) is 0 Å². The molecule has 0 saturated heterocycles. The molecule has 2 unspecified atom stereocenters. The molecule has 0 bridgehead atoms. The van der Waals surface area contributed by atoms with Crippen LogP contribution in [0.5, 0.6) is 17.2 Å². The van der Waals surface area contributed by atoms with Crippen molar-refractivity contribution in [3.05, 3.63) is 17.7 Å². The third-order valence-corrected chi connectivity index (χ3v) is 2.47. The lowest BCUT2D eigenvalue weighted by atomic mass is 10.0. The quantitative estimate of drug-likeness (QED) is 0.442. The maximum absolute atomic E-state index is 11.3. The summed E-state index contributed by atoms with van der Waals surface area (Å²) >= 11 is 0. The molecule has 0 aliphatic carbocycles. The van der Waals surface area contributed by atoms with Gasteiger partial charge in [-0.05, 0) is 24.6 Å². The average Bonchev–Trinajstić information content (AvgIpc) is 2.40. The van der Waals surface area contributed by atoms with E-state index < -0.39 is 29.7 Å². The molecule has 0 aromatic heterocycles. The van der Waals surface area contributed by atoms with Gasteiger partial charge in [0.25, 0.3) is 0 Å². The second kappa shape index (κ2) is 6.26. The molecule has 1 aromatic rings. The van der Waals surface area contributed by atoms with Crippen molar-refractivity contribution in [2.24, 2.45) is 0 Å². The first-order valence-electron chi connectivity index (χ1n) is 5.55. The first-order valence-corrected chi connectivity index (χ1v) is 5.55. The number of ether oxygens (including phenoxy) is 2. The van der Waals surface area contributed by atoms with Gasteiger partial charge in [-0.15, -0.1) is 0 Å². The summed E-state index contributed by atoms with van der Waals surface area (Å²) in [5, 5.41) is 38.3. The lowest BCUT2D eigenvalue weighted by molar-refractivity contribution is -0.159. The Balaban J connectivity index is 3.02. The summed E-state index contributed by atoms with van der Waals surface area (Å²) in [5.74, 6) is -2.11. The number of hydrogen-bond acceptors (Lipinski definition) is 7. The lowest BCUT2D eigenvalue weighted by Crippen LogP contribution is -2.29. The fourth-order valence-corrected chi connectivity index (χ4v) is 1.48. The Morgan fingerprint density at radius 3 is 2.47 bits per heavy atom. The monoisotopic (exact) mass is 272 g/mol. The van der Waals surface area contributed by atoms with Crippen molar-refractivity contribution in [1.82, 2.24) is 0 Å². The van der Waals surface area contributed by atoms with Crippen molar-refractivity contribution in [2.75, 3.05) is 13.7 Å². The number of methoxy groups -OCH3 is 1. The van der Waals surface area contributed by atoms with E-state index in [1.54, 1.807) is 6.92 Å². The molecule has 7 heteroatoms. The number of phenols is 2. The van der Waals surface area contributed by atoms with Gasteiger partial charge in [0.15, 0.2) is 17.6 Å². The van der Waals surface area contributed by atoms with Crippen LogP contribution < -0.4 is 4.74 Å². The van der Waals surface area contributed by atoms with Crippen LogP contribution in [0.25, 0.3) is 0 Å². The van der Waals surface area contributed by atoms with Crippen LogP contribution in [-0.4, -0.2) is 46.2 Å². The predicted molar refractivity (Wildman–Crippen MR) is 63.9 cm³/mol. The van der Waals surface area contributed by atoms with Gasteiger partial charge in [-0.1, -0.05) is 0 Å². The van der Waals surface area contributed by atoms with Gasteiger partial charge < -0.3 is 29.9 Å². The van der Waals surface area contributed by atoms with Gasteiger partial charge >= 0.3 is 5.97 Å². The van der Waals surface area contributed by atoms with Crippen LogP contribution in [0.4, 0.5) is 0 Å². The first kappa shape index (κ1) is 15.1. The standard InChI is InChI=1S/C12H16O7/c1-3-19-12(17)11(16)9(14)6-4-7(13)10(15)8(5-6)18-2/h4-5,9,11,13-16H,3H2,1-2H3. The number of phenolic OH excluding ortho intramolecular Hbond substituents is 2. The van der Waals surface area contributed by atoms with Gasteiger partial charge in [-0.3, -0.25) is 0 Å². The molecule has 7 nitrogen and oxygen atoms in total. The van der Waals surface area contributed by atoms with Crippen molar-refractivity contribution in [2.45, 2.75) is 19.1 Å². The van der Waals surface area contributed by atoms with Crippen LogP contribution in [0, 0.1) is 0 Å². The highest BCUT2D eigenvalue weighted by atomic mass is 16.5. The largest absolute Gasteiger partial charge is 0.504 e. The Kier molecular flexibility index (Phi) is 4.96. The van der Waals surface area contributed by atoms with Crippen LogP contribution in [-0.2, 0) is 9.53 Å². The Hall–Kier alpha value is -1.99. The molecule has 0 fully saturated rings. The van der Waals surface area contributed by atoms with E-state index in [9.17, 15) is 25.2 Å². The van der Waals surface area contributed by atoms with E-state index >= 15 is 0 Å². The summed E-state index contributed by atoms with van der Waals surface area (Å²) in [7, 11) is 1.26. The van der Waals surface area contributed by atoms with Crippen molar-refractivity contribution in [3.8, 4) is 17.2 Å². The van der Waals surface area contributed by atoms with Gasteiger partial charge in [0.1, 0.15) is 6.10 Å². The van der Waals surface area contributed by atoms with Crippen molar-refractivity contribution in [3.63, 3.8) is 0 Å². The normalized spacial score (nSPS) is 13.7. The summed E-state index contributed by atoms with van der Waals surface area (Å²) in [6.45, 7) is 1.62. The van der Waals surface area contributed by atoms with E-state index in [1.807, 2.05) is 0 Å². The van der Waals surface area contributed by atoms with Crippen molar-refractivity contribution < 1.29 is 34.7 Å². The third kappa shape index (κ3) is 3.27. The lowest BCUT2D eigenvalue weighted by Gasteiger charge is -2.18. The Labute approximate surface area is 109 Å². The van der Waals surface area contributed by atoms with Crippen LogP contribution in [0.15, 0.2) is 12.1 Å². The highest BCUT2D eigenvalue weighted by molar-refractivity contribution is 5.75. The maximum atomic E-state index is 11.3. The molecular formula is C12H16O7. The number of hydrogen-bond donors (Lipinski definition) is 4. The molecule has 0 aliphatic rings. The third-order valence-electron chi connectivity index (χ3n) is 2.47. The smallest absolute Gasteiger partial charge is 0.338 e. The predicted octanol–water partition coefficient (Wildman–Crippen LogP) is 0.0638. The molecule has 0 spiro atoms. The second-order valence-electron chi connectivity index (χ2n) is 3.73. The first-order chi connectivity index (χ1) is 8.92. The SMILES string of the molecule is CCOC(=O)C(O)C(O)c1cc(O)c(O)c(OC)c1. The van der Waals surface area contributed by atoms with Crippen molar-refractivity contribution in [1.29, 1.82) is 0 Å². The fourth-order valence-electron chi connectivity index (χ4n) is 1.48. The van der Waals surface area contributed by atoms with E-state index in [1.165, 1.54) is 13.2 Å². The molecule has 1 rings (SSSR count). The maximum Gasteiger partial charge on any atom is 0.338 e. The highest BCUT2D eigenvalue weighted by Gasteiger charge is 2.28. The average molecular weight is 272 g/mol. The van der Waals surface area contributed by atoms with Gasteiger partial charge in [0, 0.05) is 0 Å². The summed E-state index contributed by atoms with van der Waals surface area (Å²) < 4.78 is 9.35. The summed E-state index contributed by atoms with van der Waals surface area (Å²) in [6, 6.07) is 2.22. The molecule has 2 atom stereocenters. The Bertz CT molecular complexity index is 458. The van der Waals surface area contributed by atoms with E-state index in [0.717, 1.165) is 6.07 Å². The van der Waals surface area contributed by atoms with Crippen LogP contribution >= 0.6 is 0 Å². The molecule has 4 N–H and O–H groups in total. The molecule has 19 heavy (non-hydrogen) atoms. The highest BCUT2D eigenvalue weighted by Crippen LogP contribution is 2.38. The number of carbonyl (C=O) groups excluding carboxylic acids is 1. The van der Waals surface area contributed by atoms with E-state index in [4.69, 9.17) is 4.74 Å².